The molecule has 9 nitrogen and oxygen atoms in total. The zero-order chi connectivity index (χ0) is 15.4. The topological polar surface area (TPSA) is 183 Å². The lowest BCUT2D eigenvalue weighted by Crippen LogP contribution is -2.34. The van der Waals surface area contributed by atoms with E-state index in [1.807, 2.05) is 0 Å². The minimum absolute atomic E-state index is 0.112. The summed E-state index contributed by atoms with van der Waals surface area (Å²) in [6.07, 6.45) is 0.0837. The Bertz CT molecular complexity index is 296. The van der Waals surface area contributed by atoms with Crippen LogP contribution in [0.3, 0.4) is 0 Å². The van der Waals surface area contributed by atoms with Gasteiger partial charge in [-0.25, -0.2) is 0 Å². The van der Waals surface area contributed by atoms with Gasteiger partial charge < -0.3 is 32.1 Å². The summed E-state index contributed by atoms with van der Waals surface area (Å²) < 4.78 is 0. The number of carboxylic acid groups (broad SMARTS) is 2. The number of nitrogens with two attached hydrogens (primary N) is 2. The van der Waals surface area contributed by atoms with E-state index >= 15 is 0 Å². The van der Waals surface area contributed by atoms with Gasteiger partial charge in [-0.15, -0.1) is 0 Å². The summed E-state index contributed by atoms with van der Waals surface area (Å²) in [5.74, 6) is -2.08. The van der Waals surface area contributed by atoms with Crippen molar-refractivity contribution >= 4 is 17.9 Å². The van der Waals surface area contributed by atoms with Gasteiger partial charge in [0.05, 0.1) is 12.5 Å². The molecule has 0 aliphatic heterocycles. The quantitative estimate of drug-likeness (QED) is 0.167. The molecule has 0 heterocycles. The summed E-state index contributed by atoms with van der Waals surface area (Å²) in [5.41, 5.74) is 10.2. The average Bonchev–Trinajstić information content (AvgIpc) is 2.22. The van der Waals surface area contributed by atoms with Crippen molar-refractivity contribution in [3.05, 3.63) is 0 Å². The maximum Gasteiger partial charge on any atom is 0.320 e. The highest BCUT2D eigenvalue weighted by molar-refractivity contribution is 5.74. The highest BCUT2D eigenvalue weighted by atomic mass is 16.4. The van der Waals surface area contributed by atoms with Gasteiger partial charge in [-0.2, -0.15) is 0 Å². The molecule has 0 bridgehead atoms. The van der Waals surface area contributed by atoms with Crippen LogP contribution < -0.4 is 16.8 Å². The number of aliphatic hydroxyl groups is 1. The summed E-state index contributed by atoms with van der Waals surface area (Å²) in [6, 6.07) is -0.821. The molecule has 19 heavy (non-hydrogen) atoms. The molecule has 0 aromatic rings. The average molecular weight is 278 g/mol. The fourth-order valence-corrected chi connectivity index (χ4v) is 0.921. The molecule has 0 saturated heterocycles. The van der Waals surface area contributed by atoms with Crippen molar-refractivity contribution in [2.45, 2.75) is 38.3 Å². The van der Waals surface area contributed by atoms with Crippen molar-refractivity contribution in [1.29, 1.82) is 5.41 Å². The molecule has 0 rings (SSSR count). The Morgan fingerprint density at radius 3 is 2.16 bits per heavy atom. The Morgan fingerprint density at radius 1 is 1.37 bits per heavy atom. The van der Waals surface area contributed by atoms with Crippen LogP contribution in [0.15, 0.2) is 0 Å². The van der Waals surface area contributed by atoms with Gasteiger partial charge in [0.2, 0.25) is 0 Å². The van der Waals surface area contributed by atoms with Gasteiger partial charge in [-0.1, -0.05) is 0 Å². The molecule has 0 saturated carbocycles. The van der Waals surface area contributed by atoms with Crippen LogP contribution in [-0.4, -0.2) is 51.9 Å². The second-order valence-electron chi connectivity index (χ2n) is 3.87. The molecule has 112 valence electrons. The fourth-order valence-electron chi connectivity index (χ4n) is 0.921. The summed E-state index contributed by atoms with van der Waals surface area (Å²) in [5, 5.41) is 34.0. The number of aliphatic carboxylic acids is 2. The SMILES string of the molecule is CC(O)CC(=O)O.N=C(N)NCCC[C@H](N)C(=O)O. The van der Waals surface area contributed by atoms with Crippen LogP contribution in [0.5, 0.6) is 0 Å². The number of nitrogens with one attached hydrogen (secondary N) is 2. The van der Waals surface area contributed by atoms with Gasteiger partial charge >= 0.3 is 11.9 Å². The van der Waals surface area contributed by atoms with Crippen molar-refractivity contribution in [2.24, 2.45) is 11.5 Å². The summed E-state index contributed by atoms with van der Waals surface area (Å²) in [4.78, 5) is 19.9. The van der Waals surface area contributed by atoms with Crippen molar-refractivity contribution in [1.82, 2.24) is 5.32 Å². The third kappa shape index (κ3) is 18.7. The molecule has 0 aliphatic rings. The molecule has 9 heteroatoms. The Hall–Kier alpha value is -1.87. The molecule has 1 unspecified atom stereocenters. The number of hydrogen-bond donors (Lipinski definition) is 7. The van der Waals surface area contributed by atoms with Crippen molar-refractivity contribution in [3.8, 4) is 0 Å². The zero-order valence-electron chi connectivity index (χ0n) is 10.8. The first kappa shape index (κ1) is 19.5. The first-order chi connectivity index (χ1) is 8.66. The van der Waals surface area contributed by atoms with Gasteiger partial charge in [0.25, 0.3) is 0 Å². The maximum absolute atomic E-state index is 10.2. The van der Waals surface area contributed by atoms with Crippen molar-refractivity contribution in [2.75, 3.05) is 6.54 Å². The zero-order valence-corrected chi connectivity index (χ0v) is 10.8. The third-order valence-electron chi connectivity index (χ3n) is 1.79. The monoisotopic (exact) mass is 278 g/mol. The first-order valence-corrected chi connectivity index (χ1v) is 5.63. The molecule has 0 fully saturated rings. The lowest BCUT2D eigenvalue weighted by molar-refractivity contribution is -0.139. The number of carboxylic acids is 2. The number of carbonyl (C=O) groups is 2. The van der Waals surface area contributed by atoms with E-state index in [1.54, 1.807) is 0 Å². The number of hydrogen-bond acceptors (Lipinski definition) is 5. The van der Waals surface area contributed by atoms with Crippen LogP contribution in [0.25, 0.3) is 0 Å². The Labute approximate surface area is 111 Å². The fraction of sp³-hybridized carbons (Fsp3) is 0.700. The van der Waals surface area contributed by atoms with Crippen molar-refractivity contribution < 1.29 is 24.9 Å². The van der Waals surface area contributed by atoms with Crippen LogP contribution in [0.4, 0.5) is 0 Å². The van der Waals surface area contributed by atoms with Gasteiger partial charge in [0.1, 0.15) is 6.04 Å². The number of guanidine groups is 1. The van der Waals surface area contributed by atoms with E-state index in [9.17, 15) is 9.59 Å². The summed E-state index contributed by atoms with van der Waals surface area (Å²) in [6.45, 7) is 1.92. The van der Waals surface area contributed by atoms with Crippen LogP contribution in [0.2, 0.25) is 0 Å². The molecule has 9 N–H and O–H groups in total. The van der Waals surface area contributed by atoms with E-state index in [0.717, 1.165) is 0 Å². The second-order valence-corrected chi connectivity index (χ2v) is 3.87. The van der Waals surface area contributed by atoms with Gasteiger partial charge in [-0.05, 0) is 19.8 Å². The highest BCUT2D eigenvalue weighted by Gasteiger charge is 2.09. The van der Waals surface area contributed by atoms with Crippen molar-refractivity contribution in [3.63, 3.8) is 0 Å². The molecule has 0 spiro atoms. The lowest BCUT2D eigenvalue weighted by atomic mass is 10.2. The largest absolute Gasteiger partial charge is 0.481 e. The molecule has 0 aliphatic carbocycles. The Kier molecular flexibility index (Phi) is 11.5. The molecule has 0 aromatic carbocycles. The van der Waals surface area contributed by atoms with E-state index in [2.05, 4.69) is 5.32 Å². The van der Waals surface area contributed by atoms with E-state index in [-0.39, 0.29) is 12.4 Å². The van der Waals surface area contributed by atoms with E-state index in [0.29, 0.717) is 19.4 Å². The third-order valence-corrected chi connectivity index (χ3v) is 1.79. The predicted octanol–water partition coefficient (Wildman–Crippen LogP) is -1.50. The van der Waals surface area contributed by atoms with E-state index in [1.165, 1.54) is 6.92 Å². The molecule has 0 amide bonds. The summed E-state index contributed by atoms with van der Waals surface area (Å²) >= 11 is 0. The molecular weight excluding hydrogens is 256 g/mol. The number of rotatable bonds is 7. The van der Waals surface area contributed by atoms with E-state index in [4.69, 9.17) is 32.2 Å². The normalized spacial score (nSPS) is 12.6. The molecule has 0 radical (unpaired) electrons. The van der Waals surface area contributed by atoms with Gasteiger partial charge in [0.15, 0.2) is 5.96 Å². The lowest BCUT2D eigenvalue weighted by Gasteiger charge is -2.06. The van der Waals surface area contributed by atoms with Gasteiger partial charge in [-0.3, -0.25) is 15.0 Å². The number of aliphatic hydroxyl groups excluding tert-OH is 1. The highest BCUT2D eigenvalue weighted by Crippen LogP contribution is 1.92. The van der Waals surface area contributed by atoms with Crippen LogP contribution >= 0.6 is 0 Å². The van der Waals surface area contributed by atoms with Crippen LogP contribution in [0, 0.1) is 5.41 Å². The Balaban J connectivity index is 0. The minimum Gasteiger partial charge on any atom is -0.481 e. The van der Waals surface area contributed by atoms with E-state index < -0.39 is 24.1 Å². The first-order valence-electron chi connectivity index (χ1n) is 5.63. The Morgan fingerprint density at radius 2 is 1.89 bits per heavy atom. The van der Waals surface area contributed by atoms with Crippen LogP contribution in [0.1, 0.15) is 26.2 Å². The standard InChI is InChI=1S/C6H14N4O2.C4H8O3/c7-4(5(11)12)2-1-3-10-6(8)9;1-3(5)2-4(6)7/h4H,1-3,7H2,(H,11,12)(H4,8,9,10);3,5H,2H2,1H3,(H,6,7)/t4-;/m0./s1. The minimum atomic E-state index is -1.00. The molecular formula is C10H22N4O5. The predicted molar refractivity (Wildman–Crippen MR) is 68.7 cm³/mol. The van der Waals surface area contributed by atoms with Gasteiger partial charge in [0, 0.05) is 6.54 Å². The smallest absolute Gasteiger partial charge is 0.320 e. The molecule has 2 atom stereocenters. The second kappa shape index (κ2) is 11.2. The summed E-state index contributed by atoms with van der Waals surface area (Å²) in [7, 11) is 0. The maximum atomic E-state index is 10.2. The van der Waals surface area contributed by atoms with Crippen LogP contribution in [-0.2, 0) is 9.59 Å². The molecule has 0 aromatic heterocycles.